The maximum Gasteiger partial charge on any atom is 0.0221 e. The molecule has 1 heterocycles. The van der Waals surface area contributed by atoms with Crippen LogP contribution in [0.25, 0.3) is 0 Å². The molecule has 18 heavy (non-hydrogen) atoms. The summed E-state index contributed by atoms with van der Waals surface area (Å²) < 4.78 is 0. The van der Waals surface area contributed by atoms with Crippen molar-refractivity contribution in [2.45, 2.75) is 58.0 Å². The third kappa shape index (κ3) is 5.68. The first-order chi connectivity index (χ1) is 8.67. The van der Waals surface area contributed by atoms with E-state index in [4.69, 9.17) is 0 Å². The minimum atomic E-state index is 0.673. The molecule has 0 amide bonds. The second-order valence-corrected chi connectivity index (χ2v) is 5.94. The molecule has 0 aromatic rings. The zero-order chi connectivity index (χ0) is 13.4. The van der Waals surface area contributed by atoms with Gasteiger partial charge in [0, 0.05) is 25.2 Å². The predicted octanol–water partition coefficient (Wildman–Crippen LogP) is 2.18. The van der Waals surface area contributed by atoms with Gasteiger partial charge in [0.1, 0.15) is 0 Å². The molecule has 1 fully saturated rings. The number of hydrogen-bond acceptors (Lipinski definition) is 3. The second-order valence-electron chi connectivity index (χ2n) is 5.94. The maximum absolute atomic E-state index is 3.70. The monoisotopic (exact) mass is 255 g/mol. The van der Waals surface area contributed by atoms with Crippen LogP contribution in [0.5, 0.6) is 0 Å². The van der Waals surface area contributed by atoms with Crippen molar-refractivity contribution in [3.05, 3.63) is 0 Å². The van der Waals surface area contributed by atoms with E-state index in [0.717, 1.165) is 12.6 Å². The molecule has 0 aromatic heterocycles. The van der Waals surface area contributed by atoms with Crippen LogP contribution in [0.15, 0.2) is 0 Å². The highest BCUT2D eigenvalue weighted by molar-refractivity contribution is 4.80. The van der Waals surface area contributed by atoms with E-state index in [0.29, 0.717) is 6.04 Å². The Morgan fingerprint density at radius 1 is 1.33 bits per heavy atom. The lowest BCUT2D eigenvalue weighted by atomic mass is 10.0. The van der Waals surface area contributed by atoms with E-state index in [1.807, 2.05) is 0 Å². The molecule has 1 aliphatic heterocycles. The van der Waals surface area contributed by atoms with Crippen LogP contribution in [0.2, 0.25) is 0 Å². The average Bonchev–Trinajstić information content (AvgIpc) is 2.36. The molecule has 1 aliphatic rings. The standard InChI is InChI=1S/C15H33N3/c1-5-8-14(16-10-6-2)12-18(4)15-9-7-11-17(3)13-15/h14-16H,5-13H2,1-4H3. The number of nitrogens with one attached hydrogen (secondary N) is 1. The minimum absolute atomic E-state index is 0.673. The van der Waals surface area contributed by atoms with Crippen molar-refractivity contribution in [3.63, 3.8) is 0 Å². The van der Waals surface area contributed by atoms with Crippen molar-refractivity contribution in [2.75, 3.05) is 40.3 Å². The molecule has 3 heteroatoms. The Kier molecular flexibility index (Phi) is 7.87. The van der Waals surface area contributed by atoms with Crippen LogP contribution in [0.1, 0.15) is 46.0 Å². The Balaban J connectivity index is 2.36. The van der Waals surface area contributed by atoms with Gasteiger partial charge < -0.3 is 15.1 Å². The molecule has 1 N–H and O–H groups in total. The molecular formula is C15H33N3. The van der Waals surface area contributed by atoms with E-state index in [1.165, 1.54) is 51.7 Å². The fraction of sp³-hybridized carbons (Fsp3) is 1.00. The van der Waals surface area contributed by atoms with Crippen molar-refractivity contribution in [3.8, 4) is 0 Å². The molecule has 0 aliphatic carbocycles. The van der Waals surface area contributed by atoms with Gasteiger partial charge in [0.2, 0.25) is 0 Å². The summed E-state index contributed by atoms with van der Waals surface area (Å²) in [4.78, 5) is 5.05. The largest absolute Gasteiger partial charge is 0.313 e. The zero-order valence-corrected chi connectivity index (χ0v) is 12.9. The van der Waals surface area contributed by atoms with Crippen LogP contribution >= 0.6 is 0 Å². The van der Waals surface area contributed by atoms with Gasteiger partial charge in [-0.3, -0.25) is 0 Å². The maximum atomic E-state index is 3.70. The molecule has 1 rings (SSSR count). The van der Waals surface area contributed by atoms with Crippen LogP contribution in [-0.4, -0.2) is 62.2 Å². The van der Waals surface area contributed by atoms with E-state index >= 15 is 0 Å². The first-order valence-corrected chi connectivity index (χ1v) is 7.79. The fourth-order valence-electron chi connectivity index (χ4n) is 2.95. The number of nitrogens with zero attached hydrogens (tertiary/aromatic N) is 2. The van der Waals surface area contributed by atoms with E-state index in [2.05, 4.69) is 43.1 Å². The number of likely N-dealkylation sites (tertiary alicyclic amines) is 1. The van der Waals surface area contributed by atoms with Gasteiger partial charge in [-0.05, 0) is 52.9 Å². The molecule has 2 atom stereocenters. The lowest BCUT2D eigenvalue weighted by Gasteiger charge is -2.37. The second kappa shape index (κ2) is 8.89. The van der Waals surface area contributed by atoms with Gasteiger partial charge in [-0.1, -0.05) is 20.3 Å². The van der Waals surface area contributed by atoms with Crippen LogP contribution in [0.3, 0.4) is 0 Å². The summed E-state index contributed by atoms with van der Waals surface area (Å²) in [6, 6.07) is 1.43. The van der Waals surface area contributed by atoms with Crippen molar-refractivity contribution < 1.29 is 0 Å². The normalized spacial score (nSPS) is 23.5. The predicted molar refractivity (Wildman–Crippen MR) is 80.1 cm³/mol. The van der Waals surface area contributed by atoms with Crippen molar-refractivity contribution in [1.82, 2.24) is 15.1 Å². The molecule has 0 saturated carbocycles. The zero-order valence-electron chi connectivity index (χ0n) is 12.9. The number of hydrogen-bond donors (Lipinski definition) is 1. The smallest absolute Gasteiger partial charge is 0.0221 e. The number of rotatable bonds is 8. The first kappa shape index (κ1) is 15.9. The highest BCUT2D eigenvalue weighted by Crippen LogP contribution is 2.14. The Morgan fingerprint density at radius 3 is 2.72 bits per heavy atom. The van der Waals surface area contributed by atoms with Gasteiger partial charge in [-0.2, -0.15) is 0 Å². The van der Waals surface area contributed by atoms with Crippen LogP contribution < -0.4 is 5.32 Å². The molecule has 2 unspecified atom stereocenters. The van der Waals surface area contributed by atoms with Crippen molar-refractivity contribution >= 4 is 0 Å². The van der Waals surface area contributed by atoms with Gasteiger partial charge in [-0.15, -0.1) is 0 Å². The third-order valence-corrected chi connectivity index (χ3v) is 4.05. The molecule has 3 nitrogen and oxygen atoms in total. The fourth-order valence-corrected chi connectivity index (χ4v) is 2.95. The van der Waals surface area contributed by atoms with Gasteiger partial charge in [0.25, 0.3) is 0 Å². The summed E-state index contributed by atoms with van der Waals surface area (Å²) in [6.07, 6.45) is 6.53. The Hall–Kier alpha value is -0.120. The quantitative estimate of drug-likeness (QED) is 0.717. The Bertz CT molecular complexity index is 208. The Morgan fingerprint density at radius 2 is 2.11 bits per heavy atom. The van der Waals surface area contributed by atoms with Gasteiger partial charge >= 0.3 is 0 Å². The molecule has 0 radical (unpaired) electrons. The molecule has 0 spiro atoms. The highest BCUT2D eigenvalue weighted by atomic mass is 15.2. The lowest BCUT2D eigenvalue weighted by molar-refractivity contribution is 0.124. The van der Waals surface area contributed by atoms with Gasteiger partial charge in [0.15, 0.2) is 0 Å². The summed E-state index contributed by atoms with van der Waals surface area (Å²) in [7, 11) is 4.55. The summed E-state index contributed by atoms with van der Waals surface area (Å²) in [5.74, 6) is 0. The van der Waals surface area contributed by atoms with E-state index in [-0.39, 0.29) is 0 Å². The van der Waals surface area contributed by atoms with Crippen molar-refractivity contribution in [1.29, 1.82) is 0 Å². The van der Waals surface area contributed by atoms with E-state index < -0.39 is 0 Å². The molecule has 1 saturated heterocycles. The minimum Gasteiger partial charge on any atom is -0.313 e. The summed E-state index contributed by atoms with van der Waals surface area (Å²) in [6.45, 7) is 9.40. The highest BCUT2D eigenvalue weighted by Gasteiger charge is 2.22. The van der Waals surface area contributed by atoms with Gasteiger partial charge in [0.05, 0.1) is 0 Å². The van der Waals surface area contributed by atoms with Crippen molar-refractivity contribution in [2.24, 2.45) is 0 Å². The summed E-state index contributed by atoms with van der Waals surface area (Å²) >= 11 is 0. The van der Waals surface area contributed by atoms with Crippen LogP contribution in [0, 0.1) is 0 Å². The number of likely N-dealkylation sites (N-methyl/N-ethyl adjacent to an activating group) is 2. The van der Waals surface area contributed by atoms with E-state index in [9.17, 15) is 0 Å². The summed E-state index contributed by atoms with van der Waals surface area (Å²) in [5, 5.41) is 3.70. The molecule has 0 aromatic carbocycles. The third-order valence-electron chi connectivity index (χ3n) is 4.05. The Labute approximate surface area is 114 Å². The average molecular weight is 255 g/mol. The topological polar surface area (TPSA) is 18.5 Å². The van der Waals surface area contributed by atoms with Crippen LogP contribution in [-0.2, 0) is 0 Å². The van der Waals surface area contributed by atoms with Gasteiger partial charge in [-0.25, -0.2) is 0 Å². The first-order valence-electron chi connectivity index (χ1n) is 7.79. The number of piperidine rings is 1. The van der Waals surface area contributed by atoms with Crippen LogP contribution in [0.4, 0.5) is 0 Å². The van der Waals surface area contributed by atoms with E-state index in [1.54, 1.807) is 0 Å². The SMILES string of the molecule is CCCNC(CCC)CN(C)C1CCCN(C)C1. The molecular weight excluding hydrogens is 222 g/mol. The molecule has 0 bridgehead atoms. The lowest BCUT2D eigenvalue weighted by Crippen LogP contribution is -2.49. The molecule has 108 valence electrons. The summed E-state index contributed by atoms with van der Waals surface area (Å²) in [5.41, 5.74) is 0.